The first-order chi connectivity index (χ1) is 11.1. The highest BCUT2D eigenvalue weighted by Gasteiger charge is 2.26. The van der Waals surface area contributed by atoms with Gasteiger partial charge in [-0.2, -0.15) is 0 Å². The van der Waals surface area contributed by atoms with Gasteiger partial charge in [-0.3, -0.25) is 4.79 Å². The molecule has 1 saturated heterocycles. The fourth-order valence-corrected chi connectivity index (χ4v) is 2.81. The number of carbonyl (C=O) groups is 1. The van der Waals surface area contributed by atoms with Crippen LogP contribution in [0, 0.1) is 5.82 Å². The van der Waals surface area contributed by atoms with Crippen LogP contribution in [0.25, 0.3) is 0 Å². The fraction of sp³-hybridized carbons (Fsp3) is 0.278. The number of ether oxygens (including phenoxy) is 1. The van der Waals surface area contributed by atoms with E-state index in [1.807, 2.05) is 12.1 Å². The number of hydrogen-bond acceptors (Lipinski definition) is 2. The molecule has 120 valence electrons. The van der Waals surface area contributed by atoms with Crippen LogP contribution in [0.5, 0.6) is 0 Å². The molecule has 1 aliphatic rings. The average molecular weight is 334 g/mol. The first kappa shape index (κ1) is 16.0. The molecule has 1 heterocycles. The smallest absolute Gasteiger partial charge is 0.227 e. The van der Waals surface area contributed by atoms with Crippen LogP contribution in [0.2, 0.25) is 5.02 Å². The van der Waals surface area contributed by atoms with E-state index in [4.69, 9.17) is 16.3 Å². The largest absolute Gasteiger partial charge is 0.370 e. The van der Waals surface area contributed by atoms with E-state index in [2.05, 4.69) is 0 Å². The molecule has 1 amide bonds. The van der Waals surface area contributed by atoms with E-state index >= 15 is 0 Å². The molecule has 0 radical (unpaired) electrons. The Morgan fingerprint density at radius 3 is 2.70 bits per heavy atom. The Bertz CT molecular complexity index is 690. The predicted octanol–water partition coefficient (Wildman–Crippen LogP) is 3.62. The van der Waals surface area contributed by atoms with Gasteiger partial charge in [0.05, 0.1) is 19.6 Å². The maximum absolute atomic E-state index is 13.9. The Balaban J connectivity index is 1.67. The second-order valence-electron chi connectivity index (χ2n) is 5.52. The van der Waals surface area contributed by atoms with Crippen LogP contribution >= 0.6 is 11.6 Å². The van der Waals surface area contributed by atoms with Gasteiger partial charge in [0.25, 0.3) is 0 Å². The number of hydrogen-bond donors (Lipinski definition) is 0. The number of halogens is 2. The Hall–Kier alpha value is -1.91. The maximum Gasteiger partial charge on any atom is 0.227 e. The van der Waals surface area contributed by atoms with Crippen molar-refractivity contribution in [3.63, 3.8) is 0 Å². The van der Waals surface area contributed by atoms with Crippen LogP contribution in [-0.4, -0.2) is 30.5 Å². The zero-order valence-corrected chi connectivity index (χ0v) is 13.3. The van der Waals surface area contributed by atoms with E-state index in [1.54, 1.807) is 35.2 Å². The van der Waals surface area contributed by atoms with Gasteiger partial charge in [0, 0.05) is 17.1 Å². The van der Waals surface area contributed by atoms with Crippen molar-refractivity contribution in [2.45, 2.75) is 12.5 Å². The van der Waals surface area contributed by atoms with Crippen molar-refractivity contribution >= 4 is 17.5 Å². The molecule has 0 aromatic heterocycles. The van der Waals surface area contributed by atoms with Crippen LogP contribution in [0.15, 0.2) is 48.5 Å². The number of benzene rings is 2. The molecule has 1 fully saturated rings. The summed E-state index contributed by atoms with van der Waals surface area (Å²) in [6.45, 7) is 1.30. The lowest BCUT2D eigenvalue weighted by Crippen LogP contribution is -2.43. The third kappa shape index (κ3) is 3.89. The molecule has 2 aromatic carbocycles. The number of amides is 1. The summed E-state index contributed by atoms with van der Waals surface area (Å²) in [7, 11) is 0. The molecule has 0 N–H and O–H groups in total. The van der Waals surface area contributed by atoms with Crippen molar-refractivity contribution in [1.29, 1.82) is 0 Å². The van der Waals surface area contributed by atoms with E-state index in [9.17, 15) is 9.18 Å². The standard InChI is InChI=1S/C18H17ClFNO2/c19-14-7-5-13(6-8-14)11-18(22)21-9-10-23-17(12-21)15-3-1-2-4-16(15)20/h1-8,17H,9-12H2. The maximum atomic E-state index is 13.9. The zero-order chi connectivity index (χ0) is 16.2. The zero-order valence-electron chi connectivity index (χ0n) is 12.5. The minimum atomic E-state index is -0.417. The summed E-state index contributed by atoms with van der Waals surface area (Å²) in [6.07, 6.45) is -0.111. The number of nitrogens with zero attached hydrogens (tertiary/aromatic N) is 1. The highest BCUT2D eigenvalue weighted by Crippen LogP contribution is 2.25. The van der Waals surface area contributed by atoms with Gasteiger partial charge in [0.1, 0.15) is 11.9 Å². The first-order valence-electron chi connectivity index (χ1n) is 7.52. The van der Waals surface area contributed by atoms with E-state index in [-0.39, 0.29) is 11.7 Å². The number of rotatable bonds is 3. The second-order valence-corrected chi connectivity index (χ2v) is 5.96. The lowest BCUT2D eigenvalue weighted by molar-refractivity contribution is -0.138. The molecule has 5 heteroatoms. The van der Waals surface area contributed by atoms with Gasteiger partial charge in [-0.1, -0.05) is 41.9 Å². The van der Waals surface area contributed by atoms with E-state index in [0.717, 1.165) is 5.56 Å². The number of carbonyl (C=O) groups excluding carboxylic acids is 1. The molecule has 23 heavy (non-hydrogen) atoms. The minimum absolute atomic E-state index is 0.0111. The Morgan fingerprint density at radius 2 is 1.96 bits per heavy atom. The first-order valence-corrected chi connectivity index (χ1v) is 7.89. The second kappa shape index (κ2) is 7.11. The molecular formula is C18H17ClFNO2. The molecule has 1 atom stereocenters. The molecule has 0 bridgehead atoms. The minimum Gasteiger partial charge on any atom is -0.370 e. The monoisotopic (exact) mass is 333 g/mol. The van der Waals surface area contributed by atoms with Crippen LogP contribution in [-0.2, 0) is 16.0 Å². The SMILES string of the molecule is O=C(Cc1ccc(Cl)cc1)N1CCOC(c2ccccc2F)C1. The Labute approximate surface area is 139 Å². The van der Waals surface area contributed by atoms with Gasteiger partial charge >= 0.3 is 0 Å². The highest BCUT2D eigenvalue weighted by molar-refractivity contribution is 6.30. The third-order valence-electron chi connectivity index (χ3n) is 3.94. The van der Waals surface area contributed by atoms with Gasteiger partial charge in [-0.25, -0.2) is 4.39 Å². The summed E-state index contributed by atoms with van der Waals surface area (Å²) in [6, 6.07) is 13.8. The van der Waals surface area contributed by atoms with Crippen molar-refractivity contribution in [3.05, 3.63) is 70.5 Å². The summed E-state index contributed by atoms with van der Waals surface area (Å²) < 4.78 is 19.5. The Morgan fingerprint density at radius 1 is 1.22 bits per heavy atom. The van der Waals surface area contributed by atoms with Gasteiger partial charge in [-0.05, 0) is 23.8 Å². The van der Waals surface area contributed by atoms with Crippen molar-refractivity contribution in [2.75, 3.05) is 19.7 Å². The topological polar surface area (TPSA) is 29.5 Å². The molecule has 1 unspecified atom stereocenters. The third-order valence-corrected chi connectivity index (χ3v) is 4.19. The van der Waals surface area contributed by atoms with Gasteiger partial charge in [0.15, 0.2) is 0 Å². The molecule has 1 aliphatic heterocycles. The predicted molar refractivity (Wildman–Crippen MR) is 86.8 cm³/mol. The normalized spacial score (nSPS) is 18.0. The van der Waals surface area contributed by atoms with Gasteiger partial charge in [-0.15, -0.1) is 0 Å². The van der Waals surface area contributed by atoms with Crippen LogP contribution < -0.4 is 0 Å². The fourth-order valence-electron chi connectivity index (χ4n) is 2.69. The van der Waals surface area contributed by atoms with Crippen molar-refractivity contribution in [3.8, 4) is 0 Å². The summed E-state index contributed by atoms with van der Waals surface area (Å²) >= 11 is 5.85. The quantitative estimate of drug-likeness (QED) is 0.858. The van der Waals surface area contributed by atoms with Crippen LogP contribution in [0.4, 0.5) is 4.39 Å². The molecule has 0 aliphatic carbocycles. The molecule has 3 rings (SSSR count). The van der Waals surface area contributed by atoms with E-state index in [0.29, 0.717) is 36.7 Å². The van der Waals surface area contributed by atoms with Crippen molar-refractivity contribution < 1.29 is 13.9 Å². The van der Waals surface area contributed by atoms with Gasteiger partial charge < -0.3 is 9.64 Å². The number of morpholine rings is 1. The molecule has 0 saturated carbocycles. The molecule has 2 aromatic rings. The lowest BCUT2D eigenvalue weighted by atomic mass is 10.1. The molecular weight excluding hydrogens is 317 g/mol. The average Bonchev–Trinajstić information content (AvgIpc) is 2.57. The summed E-state index contributed by atoms with van der Waals surface area (Å²) in [5.41, 5.74) is 1.41. The van der Waals surface area contributed by atoms with Crippen LogP contribution in [0.3, 0.4) is 0 Å². The van der Waals surface area contributed by atoms with E-state index in [1.165, 1.54) is 6.07 Å². The highest BCUT2D eigenvalue weighted by atomic mass is 35.5. The summed E-state index contributed by atoms with van der Waals surface area (Å²) in [5, 5.41) is 0.646. The molecule has 3 nitrogen and oxygen atoms in total. The summed E-state index contributed by atoms with van der Waals surface area (Å²) in [5.74, 6) is -0.290. The van der Waals surface area contributed by atoms with Gasteiger partial charge in [0.2, 0.25) is 5.91 Å². The van der Waals surface area contributed by atoms with Crippen molar-refractivity contribution in [2.24, 2.45) is 0 Å². The summed E-state index contributed by atoms with van der Waals surface area (Å²) in [4.78, 5) is 14.2. The van der Waals surface area contributed by atoms with Crippen LogP contribution in [0.1, 0.15) is 17.2 Å². The van der Waals surface area contributed by atoms with Crippen molar-refractivity contribution in [1.82, 2.24) is 4.90 Å². The lowest BCUT2D eigenvalue weighted by Gasteiger charge is -2.33. The Kier molecular flexibility index (Phi) is 4.94. The van der Waals surface area contributed by atoms with E-state index < -0.39 is 6.10 Å². The molecule has 0 spiro atoms.